The molecule has 0 spiro atoms. The quantitative estimate of drug-likeness (QED) is 0.170. The number of aryl methyl sites for hydroxylation is 4. The number of hydrogen-bond donors (Lipinski definition) is 1. The Hall–Kier alpha value is -1.99. The van der Waals surface area contributed by atoms with E-state index in [4.69, 9.17) is 71.8 Å². The average Bonchev–Trinajstić information content (AvgIpc) is 3.04. The molecular weight excluding hydrogens is 656 g/mol. The van der Waals surface area contributed by atoms with E-state index in [-0.39, 0.29) is 19.3 Å². The second-order valence-corrected chi connectivity index (χ2v) is 13.9. The van der Waals surface area contributed by atoms with Crippen LogP contribution in [0.5, 0.6) is 0 Å². The normalized spacial score (nSPS) is 16.1. The van der Waals surface area contributed by atoms with Gasteiger partial charge in [0.05, 0.1) is 17.6 Å². The molecule has 1 unspecified atom stereocenters. The lowest BCUT2D eigenvalue weighted by Gasteiger charge is -2.56. The highest BCUT2D eigenvalue weighted by molar-refractivity contribution is 6.32. The van der Waals surface area contributed by atoms with Gasteiger partial charge in [-0.15, -0.1) is 0 Å². The third kappa shape index (κ3) is 6.41. The number of hydrogen-bond acceptors (Lipinski definition) is 4. The zero-order valence-electron chi connectivity index (χ0n) is 26.5. The molecule has 1 aliphatic rings. The monoisotopic (exact) mass is 690 g/mol. The molecule has 1 N–H and O–H groups in total. The molecule has 4 aromatic carbocycles. The maximum Gasteiger partial charge on any atom is 0.282 e. The molecular formula is C36H36B2Cl4N2O2. The van der Waals surface area contributed by atoms with Gasteiger partial charge >= 0.3 is 0 Å². The van der Waals surface area contributed by atoms with Crippen LogP contribution in [-0.4, -0.2) is 59.9 Å². The van der Waals surface area contributed by atoms with E-state index in [0.29, 0.717) is 39.7 Å². The topological polar surface area (TPSA) is 33.7 Å². The van der Waals surface area contributed by atoms with Crippen LogP contribution in [0, 0.1) is 27.7 Å². The van der Waals surface area contributed by atoms with Crippen LogP contribution in [0.3, 0.4) is 0 Å². The van der Waals surface area contributed by atoms with Crippen LogP contribution < -0.4 is 5.32 Å². The van der Waals surface area contributed by atoms with Gasteiger partial charge in [-0.3, -0.25) is 4.90 Å². The second kappa shape index (κ2) is 14.6. The molecule has 1 aliphatic heterocycles. The summed E-state index contributed by atoms with van der Waals surface area (Å²) in [6, 6.07) is 24.1. The largest absolute Gasteiger partial charge is 0.446 e. The smallest absolute Gasteiger partial charge is 0.282 e. The number of piperazine rings is 1. The van der Waals surface area contributed by atoms with Gasteiger partial charge in [-0.25, -0.2) is 0 Å². The first kappa shape index (κ1) is 35.3. The van der Waals surface area contributed by atoms with Crippen LogP contribution in [0.15, 0.2) is 72.8 Å². The lowest BCUT2D eigenvalue weighted by Crippen LogP contribution is -2.68. The first-order valence-electron chi connectivity index (χ1n) is 15.2. The van der Waals surface area contributed by atoms with Gasteiger partial charge < -0.3 is 14.6 Å². The fourth-order valence-electron chi connectivity index (χ4n) is 6.86. The minimum atomic E-state index is -0.945. The summed E-state index contributed by atoms with van der Waals surface area (Å²) in [5.74, 6) is 0. The Labute approximate surface area is 295 Å². The highest BCUT2D eigenvalue weighted by atomic mass is 35.5. The first-order valence-corrected chi connectivity index (χ1v) is 16.7. The number of rotatable bonds is 10. The van der Waals surface area contributed by atoms with E-state index in [1.165, 1.54) is 0 Å². The van der Waals surface area contributed by atoms with E-state index >= 15 is 0 Å². The van der Waals surface area contributed by atoms with Gasteiger partial charge in [0.25, 0.3) is 16.1 Å². The van der Waals surface area contributed by atoms with Crippen LogP contribution >= 0.6 is 46.4 Å². The standard InChI is InChI=1S/C36H36B2Cl4N2O2/c1-22-5-9-26(15-30(22)39)35(20-45-37,27-10-6-23(2)31(40)16-27)34-19-43-13-14-44(34)36(21-46-38,28-11-7-24(3)32(41)17-28)29-12-8-25(4)33(42)18-29/h5-12,15-18,34,43H,13-14,19-21H2,1-4H3. The molecule has 0 saturated carbocycles. The molecule has 1 heterocycles. The number of halogens is 4. The molecule has 4 nitrogen and oxygen atoms in total. The fraction of sp³-hybridized carbons (Fsp3) is 0.333. The van der Waals surface area contributed by atoms with Crippen molar-refractivity contribution < 1.29 is 9.31 Å². The highest BCUT2D eigenvalue weighted by Crippen LogP contribution is 2.48. The van der Waals surface area contributed by atoms with E-state index in [1.807, 2.05) is 76.2 Å². The van der Waals surface area contributed by atoms with Crippen molar-refractivity contribution in [2.45, 2.75) is 44.7 Å². The van der Waals surface area contributed by atoms with E-state index < -0.39 is 11.0 Å². The van der Waals surface area contributed by atoms with Crippen molar-refractivity contribution in [2.24, 2.45) is 0 Å². The molecule has 46 heavy (non-hydrogen) atoms. The van der Waals surface area contributed by atoms with Crippen molar-refractivity contribution >= 4 is 62.5 Å². The predicted molar refractivity (Wildman–Crippen MR) is 193 cm³/mol. The van der Waals surface area contributed by atoms with Crippen molar-refractivity contribution in [2.75, 3.05) is 32.8 Å². The third-order valence-electron chi connectivity index (χ3n) is 9.58. The molecule has 1 atom stereocenters. The summed E-state index contributed by atoms with van der Waals surface area (Å²) in [6.45, 7) is 10.0. The Morgan fingerprint density at radius 2 is 1.04 bits per heavy atom. The SMILES string of the molecule is [B]OCC(c1ccc(C)c(Cl)c1)(c1ccc(C)c(Cl)c1)C1CNCCN1C(CO[B])(c1ccc(C)c(Cl)c1)c1ccc(C)c(Cl)c1. The summed E-state index contributed by atoms with van der Waals surface area (Å²) in [5, 5.41) is 6.20. The molecule has 4 aromatic rings. The molecule has 236 valence electrons. The van der Waals surface area contributed by atoms with Crippen LogP contribution in [0.4, 0.5) is 0 Å². The van der Waals surface area contributed by atoms with Crippen molar-refractivity contribution in [1.82, 2.24) is 10.2 Å². The molecule has 0 bridgehead atoms. The van der Waals surface area contributed by atoms with Crippen LogP contribution in [0.25, 0.3) is 0 Å². The Kier molecular flexibility index (Phi) is 11.2. The lowest BCUT2D eigenvalue weighted by atomic mass is 9.66. The Bertz CT molecular complexity index is 1490. The van der Waals surface area contributed by atoms with Crippen LogP contribution in [-0.2, 0) is 20.3 Å². The molecule has 1 fully saturated rings. The summed E-state index contributed by atoms with van der Waals surface area (Å²) in [7, 11) is 12.1. The van der Waals surface area contributed by atoms with Crippen LogP contribution in [0.1, 0.15) is 44.5 Å². The summed E-state index contributed by atoms with van der Waals surface area (Å²) in [6.07, 6.45) is 0. The van der Waals surface area contributed by atoms with Gasteiger partial charge in [0.2, 0.25) is 0 Å². The second-order valence-electron chi connectivity index (χ2n) is 12.2. The first-order chi connectivity index (χ1) is 22.0. The number of nitrogens with one attached hydrogen (secondary N) is 1. The van der Waals surface area contributed by atoms with Gasteiger partial charge in [0, 0.05) is 52.4 Å². The summed E-state index contributed by atoms with van der Waals surface area (Å²) in [4.78, 5) is 2.43. The van der Waals surface area contributed by atoms with Gasteiger partial charge in [-0.05, 0) is 96.5 Å². The average molecular weight is 692 g/mol. The highest BCUT2D eigenvalue weighted by Gasteiger charge is 2.53. The van der Waals surface area contributed by atoms with Crippen molar-refractivity contribution in [1.29, 1.82) is 0 Å². The fourth-order valence-corrected chi connectivity index (χ4v) is 7.58. The van der Waals surface area contributed by atoms with Gasteiger partial charge in [0.1, 0.15) is 0 Å². The maximum absolute atomic E-state index is 6.84. The van der Waals surface area contributed by atoms with E-state index in [1.54, 1.807) is 0 Å². The van der Waals surface area contributed by atoms with Gasteiger partial charge in [-0.1, -0.05) is 94.9 Å². The zero-order chi connectivity index (χ0) is 33.2. The van der Waals surface area contributed by atoms with Crippen molar-refractivity contribution in [3.8, 4) is 0 Å². The van der Waals surface area contributed by atoms with Crippen molar-refractivity contribution in [3.63, 3.8) is 0 Å². The minimum Gasteiger partial charge on any atom is -0.446 e. The van der Waals surface area contributed by atoms with Gasteiger partial charge in [-0.2, -0.15) is 0 Å². The Morgan fingerprint density at radius 1 is 0.652 bits per heavy atom. The molecule has 1 saturated heterocycles. The van der Waals surface area contributed by atoms with Crippen LogP contribution in [0.2, 0.25) is 20.1 Å². The summed E-state index contributed by atoms with van der Waals surface area (Å²) >= 11 is 27.4. The summed E-state index contributed by atoms with van der Waals surface area (Å²) in [5.41, 5.74) is 5.70. The molecule has 0 aliphatic carbocycles. The number of benzene rings is 4. The lowest BCUT2D eigenvalue weighted by molar-refractivity contribution is -0.0166. The van der Waals surface area contributed by atoms with E-state index in [9.17, 15) is 0 Å². The molecule has 0 aromatic heterocycles. The Balaban J connectivity index is 1.89. The molecule has 0 amide bonds. The van der Waals surface area contributed by atoms with Gasteiger partial charge in [0.15, 0.2) is 0 Å². The predicted octanol–water partition coefficient (Wildman–Crippen LogP) is 8.24. The molecule has 5 rings (SSSR count). The van der Waals surface area contributed by atoms with E-state index in [0.717, 1.165) is 44.5 Å². The van der Waals surface area contributed by atoms with Crippen molar-refractivity contribution in [3.05, 3.63) is 137 Å². The zero-order valence-corrected chi connectivity index (χ0v) is 29.5. The van der Waals surface area contributed by atoms with E-state index in [2.05, 4.69) is 34.5 Å². The number of nitrogens with zero attached hydrogens (tertiary/aromatic N) is 1. The molecule has 4 radical (unpaired) electrons. The maximum atomic E-state index is 6.84. The minimum absolute atomic E-state index is 0.102. The Morgan fingerprint density at radius 3 is 1.43 bits per heavy atom. The molecule has 10 heteroatoms. The third-order valence-corrected chi connectivity index (χ3v) is 11.2. The summed E-state index contributed by atoms with van der Waals surface area (Å²) < 4.78 is 11.3.